The minimum atomic E-state index is -3.83. The van der Waals surface area contributed by atoms with Crippen molar-refractivity contribution in [3.8, 4) is 0 Å². The Hall–Kier alpha value is -2.38. The van der Waals surface area contributed by atoms with Crippen LogP contribution in [-0.4, -0.2) is 32.1 Å². The summed E-state index contributed by atoms with van der Waals surface area (Å²) < 4.78 is 27.0. The Morgan fingerprint density at radius 2 is 1.71 bits per heavy atom. The zero-order chi connectivity index (χ0) is 17.7. The fourth-order valence-electron chi connectivity index (χ4n) is 2.22. The Labute approximate surface area is 141 Å². The third kappa shape index (κ3) is 4.33. The molecule has 2 aromatic rings. The number of carbonyl (C=O) groups is 1. The predicted molar refractivity (Wildman–Crippen MR) is 93.4 cm³/mol. The Bertz CT molecular complexity index is 787. The van der Waals surface area contributed by atoms with Crippen molar-refractivity contribution < 1.29 is 18.3 Å². The minimum absolute atomic E-state index is 0.0558. The first-order valence-electron chi connectivity index (χ1n) is 7.44. The number of amides is 1. The molecule has 2 rings (SSSR count). The first kappa shape index (κ1) is 18.0. The van der Waals surface area contributed by atoms with E-state index >= 15 is 0 Å². The zero-order valence-corrected chi connectivity index (χ0v) is 14.3. The van der Waals surface area contributed by atoms with E-state index in [1.165, 1.54) is 42.4 Å². The number of anilines is 2. The lowest BCUT2D eigenvalue weighted by atomic mass is 10.3. The van der Waals surface area contributed by atoms with Gasteiger partial charge in [-0.2, -0.15) is 0 Å². The van der Waals surface area contributed by atoms with Crippen molar-refractivity contribution in [2.75, 3.05) is 16.2 Å². The second-order valence-electron chi connectivity index (χ2n) is 5.43. The Kier molecular flexibility index (Phi) is 5.58. The number of benzene rings is 2. The first-order valence-corrected chi connectivity index (χ1v) is 8.88. The van der Waals surface area contributed by atoms with Gasteiger partial charge in [0.15, 0.2) is 0 Å². The number of rotatable bonds is 6. The average Bonchev–Trinajstić information content (AvgIpc) is 2.53. The third-order valence-electron chi connectivity index (χ3n) is 3.24. The van der Waals surface area contributed by atoms with Gasteiger partial charge < -0.3 is 10.4 Å². The number of sulfonamides is 1. The second kappa shape index (κ2) is 7.46. The van der Waals surface area contributed by atoms with Crippen molar-refractivity contribution in [1.29, 1.82) is 0 Å². The smallest absolute Gasteiger partial charge is 0.264 e. The maximum atomic E-state index is 12.9. The number of aliphatic hydroxyl groups excluding tert-OH is 1. The molecule has 0 fully saturated rings. The van der Waals surface area contributed by atoms with E-state index in [0.717, 1.165) is 0 Å². The lowest BCUT2D eigenvalue weighted by Crippen LogP contribution is -2.36. The van der Waals surface area contributed by atoms with Gasteiger partial charge >= 0.3 is 0 Å². The van der Waals surface area contributed by atoms with Gasteiger partial charge in [0.1, 0.15) is 0 Å². The molecular weight excluding hydrogens is 328 g/mol. The topological polar surface area (TPSA) is 86.7 Å². The van der Waals surface area contributed by atoms with Crippen LogP contribution in [0, 0.1) is 0 Å². The molecule has 0 aliphatic rings. The lowest BCUT2D eigenvalue weighted by molar-refractivity contribution is -0.114. The van der Waals surface area contributed by atoms with E-state index in [0.29, 0.717) is 11.4 Å². The first-order chi connectivity index (χ1) is 11.3. The quantitative estimate of drug-likeness (QED) is 0.838. The van der Waals surface area contributed by atoms with E-state index in [1.807, 2.05) is 0 Å². The van der Waals surface area contributed by atoms with Crippen LogP contribution in [0.1, 0.15) is 13.8 Å². The zero-order valence-electron chi connectivity index (χ0n) is 13.5. The average molecular weight is 348 g/mol. The Morgan fingerprint density at radius 3 is 2.21 bits per heavy atom. The molecule has 0 unspecified atom stereocenters. The molecular formula is C17H20N2O4S. The Morgan fingerprint density at radius 1 is 1.12 bits per heavy atom. The number of carbonyl (C=O) groups excluding carboxylic acids is 1. The summed E-state index contributed by atoms with van der Waals surface area (Å²) in [6, 6.07) is 14.5. The molecule has 2 aromatic carbocycles. The number of hydrogen-bond acceptors (Lipinski definition) is 4. The van der Waals surface area contributed by atoms with Crippen molar-refractivity contribution in [3.63, 3.8) is 0 Å². The van der Waals surface area contributed by atoms with Crippen LogP contribution in [0.3, 0.4) is 0 Å². The summed E-state index contributed by atoms with van der Waals surface area (Å²) in [5, 5.41) is 12.3. The molecule has 0 aliphatic carbocycles. The molecule has 0 saturated heterocycles. The van der Waals surface area contributed by atoms with Crippen LogP contribution in [0.5, 0.6) is 0 Å². The summed E-state index contributed by atoms with van der Waals surface area (Å²) in [4.78, 5) is 11.1. The van der Waals surface area contributed by atoms with E-state index in [4.69, 9.17) is 0 Å². The van der Waals surface area contributed by atoms with Crippen LogP contribution in [0.4, 0.5) is 11.4 Å². The van der Waals surface area contributed by atoms with Gasteiger partial charge in [-0.05, 0) is 43.3 Å². The third-order valence-corrected chi connectivity index (χ3v) is 5.04. The summed E-state index contributed by atoms with van der Waals surface area (Å²) >= 11 is 0. The Balaban J connectivity index is 2.39. The normalized spacial score (nSPS) is 12.5. The molecule has 0 bridgehead atoms. The number of para-hydroxylation sites is 1. The van der Waals surface area contributed by atoms with Gasteiger partial charge in [-0.25, -0.2) is 8.42 Å². The fraction of sp³-hybridized carbons (Fsp3) is 0.235. The van der Waals surface area contributed by atoms with E-state index in [-0.39, 0.29) is 17.3 Å². The highest BCUT2D eigenvalue weighted by molar-refractivity contribution is 7.92. The molecule has 0 aromatic heterocycles. The molecule has 0 spiro atoms. The van der Waals surface area contributed by atoms with Crippen LogP contribution in [0.25, 0.3) is 0 Å². The number of hydrogen-bond donors (Lipinski definition) is 2. The summed E-state index contributed by atoms with van der Waals surface area (Å²) in [7, 11) is -3.83. The highest BCUT2D eigenvalue weighted by atomic mass is 32.2. The predicted octanol–water partition coefficient (Wildman–Crippen LogP) is 2.22. The van der Waals surface area contributed by atoms with E-state index in [9.17, 15) is 18.3 Å². The van der Waals surface area contributed by atoms with Gasteiger partial charge in [-0.15, -0.1) is 0 Å². The molecule has 0 radical (unpaired) electrons. The molecule has 2 N–H and O–H groups in total. The molecule has 0 saturated carbocycles. The summed E-state index contributed by atoms with van der Waals surface area (Å²) in [5.74, 6) is -0.231. The second-order valence-corrected chi connectivity index (χ2v) is 7.29. The molecule has 7 heteroatoms. The highest BCUT2D eigenvalue weighted by Gasteiger charge is 2.26. The van der Waals surface area contributed by atoms with Crippen molar-refractivity contribution >= 4 is 27.3 Å². The molecule has 0 aliphatic heterocycles. The van der Waals surface area contributed by atoms with Crippen LogP contribution >= 0.6 is 0 Å². The number of nitrogens with zero attached hydrogens (tertiary/aromatic N) is 1. The van der Waals surface area contributed by atoms with Crippen molar-refractivity contribution in [2.24, 2.45) is 0 Å². The van der Waals surface area contributed by atoms with Crippen LogP contribution in [-0.2, 0) is 14.8 Å². The van der Waals surface area contributed by atoms with Crippen molar-refractivity contribution in [3.05, 3.63) is 54.6 Å². The monoisotopic (exact) mass is 348 g/mol. The molecule has 6 nitrogen and oxygen atoms in total. The van der Waals surface area contributed by atoms with Crippen molar-refractivity contribution in [1.82, 2.24) is 0 Å². The molecule has 1 amide bonds. The van der Waals surface area contributed by atoms with Gasteiger partial charge in [-0.3, -0.25) is 9.10 Å². The molecule has 128 valence electrons. The van der Waals surface area contributed by atoms with Crippen LogP contribution < -0.4 is 9.62 Å². The maximum Gasteiger partial charge on any atom is 0.264 e. The fourth-order valence-corrected chi connectivity index (χ4v) is 3.76. The van der Waals surface area contributed by atoms with Crippen molar-refractivity contribution in [2.45, 2.75) is 24.8 Å². The van der Waals surface area contributed by atoms with E-state index in [1.54, 1.807) is 30.3 Å². The highest BCUT2D eigenvalue weighted by Crippen LogP contribution is 2.24. The number of nitrogens with one attached hydrogen (secondary N) is 1. The van der Waals surface area contributed by atoms with E-state index in [2.05, 4.69) is 5.32 Å². The van der Waals surface area contributed by atoms with Crippen LogP contribution in [0.2, 0.25) is 0 Å². The minimum Gasteiger partial charge on any atom is -0.392 e. The maximum absolute atomic E-state index is 12.9. The number of aliphatic hydroxyl groups is 1. The molecule has 0 heterocycles. The van der Waals surface area contributed by atoms with E-state index < -0.39 is 16.1 Å². The van der Waals surface area contributed by atoms with Gasteiger partial charge in [-0.1, -0.05) is 18.2 Å². The summed E-state index contributed by atoms with van der Waals surface area (Å²) in [5.41, 5.74) is 0.993. The SMILES string of the molecule is CC(=O)Nc1ccc(S(=O)(=O)N(C[C@@H](C)O)c2ccccc2)cc1. The van der Waals surface area contributed by atoms with Gasteiger partial charge in [0.25, 0.3) is 10.0 Å². The molecule has 1 atom stereocenters. The van der Waals surface area contributed by atoms with Gasteiger partial charge in [0.2, 0.25) is 5.91 Å². The summed E-state index contributed by atoms with van der Waals surface area (Å²) in [6.45, 7) is 2.86. The summed E-state index contributed by atoms with van der Waals surface area (Å²) in [6.07, 6.45) is -0.821. The van der Waals surface area contributed by atoms with Gasteiger partial charge in [0, 0.05) is 12.6 Å². The van der Waals surface area contributed by atoms with Gasteiger partial charge in [0.05, 0.1) is 23.2 Å². The lowest BCUT2D eigenvalue weighted by Gasteiger charge is -2.25. The van der Waals surface area contributed by atoms with Crippen LogP contribution in [0.15, 0.2) is 59.5 Å². The molecule has 24 heavy (non-hydrogen) atoms. The standard InChI is InChI=1S/C17H20N2O4S/c1-13(20)12-19(16-6-4-3-5-7-16)24(22,23)17-10-8-15(9-11-17)18-14(2)21/h3-11,13,20H,12H2,1-2H3,(H,18,21)/t13-/m1/s1. The largest absolute Gasteiger partial charge is 0.392 e.